The molecule has 12 heteroatoms. The van der Waals surface area contributed by atoms with Crippen molar-refractivity contribution in [3.05, 3.63) is 46.5 Å². The fraction of sp³-hybridized carbons (Fsp3) is 0.111. The monoisotopic (exact) mass is 422 g/mol. The van der Waals surface area contributed by atoms with Crippen LogP contribution in [0.25, 0.3) is 11.1 Å². The van der Waals surface area contributed by atoms with E-state index >= 15 is 0 Å². The molecule has 0 atom stereocenters. The first-order chi connectivity index (χ1) is 14.0. The fourth-order valence-corrected chi connectivity index (χ4v) is 2.91. The number of nitrogens with zero attached hydrogens (tertiary/aromatic N) is 4. The third-order valence-electron chi connectivity index (χ3n) is 3.89. The molecule has 6 nitrogen and oxygen atoms in total. The van der Waals surface area contributed by atoms with Gasteiger partial charge in [0.25, 0.3) is 0 Å². The first-order valence-corrected chi connectivity index (χ1v) is 7.63. The number of nitriles is 3. The van der Waals surface area contributed by atoms with Gasteiger partial charge in [-0.25, -0.2) is 0 Å². The van der Waals surface area contributed by atoms with Crippen molar-refractivity contribution in [3.8, 4) is 41.0 Å². The minimum atomic E-state index is -5.13. The summed E-state index contributed by atoms with van der Waals surface area (Å²) in [6.07, 6.45) is -8.84. The van der Waals surface area contributed by atoms with E-state index in [0.29, 0.717) is 0 Å². The number of fused-ring (bicyclic) bond motifs is 3. The van der Waals surface area contributed by atoms with Crippen LogP contribution < -0.4 is 9.47 Å². The summed E-state index contributed by atoms with van der Waals surface area (Å²) in [4.78, 5) is 3.48. The van der Waals surface area contributed by atoms with E-state index in [9.17, 15) is 26.3 Å². The van der Waals surface area contributed by atoms with Crippen LogP contribution in [0.3, 0.4) is 0 Å². The lowest BCUT2D eigenvalue weighted by molar-refractivity contribution is -0.275. The highest BCUT2D eigenvalue weighted by Crippen LogP contribution is 2.44. The van der Waals surface area contributed by atoms with Gasteiger partial charge >= 0.3 is 12.7 Å². The maximum Gasteiger partial charge on any atom is 0.573 e. The maximum absolute atomic E-state index is 12.7. The first-order valence-electron chi connectivity index (χ1n) is 7.63. The molecular formula is C18H4F6N4O2. The standard InChI is InChI=1S/C18H4F6N4O2/c19-17(20,21)29-14-3-12-10(1-8(14)5-25)11-2-9(6-26)15(30-18(22,23)24)4-13(11)16(12)28-7-27/h1-4H. The third kappa shape index (κ3) is 3.82. The number of ether oxygens (including phenoxy) is 2. The molecule has 1 aliphatic carbocycles. The Kier molecular flexibility index (Phi) is 4.77. The molecule has 2 aromatic carbocycles. The maximum atomic E-state index is 12.7. The third-order valence-corrected chi connectivity index (χ3v) is 3.89. The molecule has 0 unspecified atom stereocenters. The Balaban J connectivity index is 2.29. The lowest BCUT2D eigenvalue weighted by atomic mass is 10.0. The van der Waals surface area contributed by atoms with Crippen LogP contribution in [0.4, 0.5) is 26.3 Å². The zero-order valence-corrected chi connectivity index (χ0v) is 14.2. The van der Waals surface area contributed by atoms with E-state index < -0.39 is 35.4 Å². The fourth-order valence-electron chi connectivity index (χ4n) is 2.91. The molecule has 0 radical (unpaired) electrons. The van der Waals surface area contributed by atoms with Gasteiger partial charge in [-0.3, -0.25) is 0 Å². The minimum absolute atomic E-state index is 0.0835. The molecule has 0 spiro atoms. The average molecular weight is 422 g/mol. The van der Waals surface area contributed by atoms with Gasteiger partial charge in [-0.15, -0.1) is 26.3 Å². The number of rotatable bonds is 2. The molecule has 0 heterocycles. The Morgan fingerprint density at radius 2 is 1.07 bits per heavy atom. The van der Waals surface area contributed by atoms with Gasteiger partial charge in [0.1, 0.15) is 23.6 Å². The van der Waals surface area contributed by atoms with Crippen molar-refractivity contribution in [3.63, 3.8) is 0 Å². The molecule has 0 amide bonds. The SMILES string of the molecule is N#CN=C1c2cc(OC(F)(F)F)c(C#N)cc2-c2cc(C#N)c(OC(F)(F)F)cc21. The molecule has 0 aromatic heterocycles. The van der Waals surface area contributed by atoms with Crippen LogP contribution in [0.1, 0.15) is 22.3 Å². The van der Waals surface area contributed by atoms with Gasteiger partial charge < -0.3 is 9.47 Å². The van der Waals surface area contributed by atoms with Crippen LogP contribution in [0.15, 0.2) is 29.3 Å². The van der Waals surface area contributed by atoms with Crippen LogP contribution in [-0.2, 0) is 0 Å². The van der Waals surface area contributed by atoms with Crippen molar-refractivity contribution in [2.45, 2.75) is 12.7 Å². The summed E-state index contributed by atoms with van der Waals surface area (Å²) < 4.78 is 83.6. The van der Waals surface area contributed by atoms with Crippen molar-refractivity contribution in [1.82, 2.24) is 0 Å². The van der Waals surface area contributed by atoms with Crippen molar-refractivity contribution in [2.75, 3.05) is 0 Å². The molecular weight excluding hydrogens is 418 g/mol. The molecule has 0 saturated carbocycles. The summed E-state index contributed by atoms with van der Waals surface area (Å²) in [6.45, 7) is 0. The highest BCUT2D eigenvalue weighted by molar-refractivity contribution is 6.25. The summed E-state index contributed by atoms with van der Waals surface area (Å²) >= 11 is 0. The van der Waals surface area contributed by atoms with Crippen LogP contribution >= 0.6 is 0 Å². The van der Waals surface area contributed by atoms with Crippen molar-refractivity contribution < 1.29 is 35.8 Å². The second kappa shape index (κ2) is 6.98. The summed E-state index contributed by atoms with van der Waals surface area (Å²) in [6, 6.07) is 6.66. The van der Waals surface area contributed by atoms with Crippen molar-refractivity contribution >= 4 is 5.71 Å². The van der Waals surface area contributed by atoms with Crippen LogP contribution in [-0.4, -0.2) is 18.4 Å². The molecule has 1 aliphatic rings. The highest BCUT2D eigenvalue weighted by Gasteiger charge is 2.37. The van der Waals surface area contributed by atoms with E-state index in [1.807, 2.05) is 0 Å². The summed E-state index contributed by atoms with van der Waals surface area (Å²) in [7, 11) is 0. The van der Waals surface area contributed by atoms with E-state index in [1.165, 1.54) is 18.3 Å². The Labute approximate surface area is 163 Å². The molecule has 30 heavy (non-hydrogen) atoms. The smallest absolute Gasteiger partial charge is 0.404 e. The number of benzene rings is 2. The number of alkyl halides is 6. The molecule has 0 aliphatic heterocycles. The molecule has 2 aromatic rings. The Hall–Kier alpha value is -4.24. The van der Waals surface area contributed by atoms with Crippen LogP contribution in [0.5, 0.6) is 11.5 Å². The number of hydrogen-bond donors (Lipinski definition) is 0. The second-order valence-electron chi connectivity index (χ2n) is 5.67. The lowest BCUT2D eigenvalue weighted by Gasteiger charge is -2.12. The predicted molar refractivity (Wildman–Crippen MR) is 85.9 cm³/mol. The van der Waals surface area contributed by atoms with Gasteiger partial charge in [0.15, 0.2) is 0 Å². The highest BCUT2D eigenvalue weighted by atomic mass is 19.4. The molecule has 0 N–H and O–H groups in total. The Bertz CT molecular complexity index is 1120. The largest absolute Gasteiger partial charge is 0.573 e. The van der Waals surface area contributed by atoms with E-state index in [-0.39, 0.29) is 28.0 Å². The van der Waals surface area contributed by atoms with Gasteiger partial charge in [0.2, 0.25) is 6.19 Å². The number of halogens is 6. The summed E-state index contributed by atoms with van der Waals surface area (Å²) in [5.74, 6) is -1.76. The van der Waals surface area contributed by atoms with E-state index in [4.69, 9.17) is 15.8 Å². The first kappa shape index (κ1) is 20.5. The molecule has 0 fully saturated rings. The van der Waals surface area contributed by atoms with Crippen molar-refractivity contribution in [1.29, 1.82) is 15.8 Å². The topological polar surface area (TPSA) is 102 Å². The summed E-state index contributed by atoms with van der Waals surface area (Å²) in [5, 5.41) is 27.2. The normalized spacial score (nSPS) is 12.2. The Morgan fingerprint density at radius 1 is 0.667 bits per heavy atom. The average Bonchev–Trinajstić information content (AvgIpc) is 2.90. The van der Waals surface area contributed by atoms with Crippen molar-refractivity contribution in [2.24, 2.45) is 4.99 Å². The zero-order chi connectivity index (χ0) is 22.3. The second-order valence-corrected chi connectivity index (χ2v) is 5.67. The van der Waals surface area contributed by atoms with E-state index in [2.05, 4.69) is 14.5 Å². The molecule has 150 valence electrons. The van der Waals surface area contributed by atoms with Gasteiger partial charge in [0, 0.05) is 11.1 Å². The van der Waals surface area contributed by atoms with E-state index in [1.54, 1.807) is 0 Å². The molecule has 0 bridgehead atoms. The minimum Gasteiger partial charge on any atom is -0.404 e. The van der Waals surface area contributed by atoms with Gasteiger partial charge in [-0.1, -0.05) is 0 Å². The lowest BCUT2D eigenvalue weighted by Crippen LogP contribution is -2.18. The van der Waals surface area contributed by atoms with Crippen LogP contribution in [0.2, 0.25) is 0 Å². The predicted octanol–water partition coefficient (Wildman–Crippen LogP) is 4.53. The molecule has 0 saturated heterocycles. The number of hydrogen-bond acceptors (Lipinski definition) is 6. The van der Waals surface area contributed by atoms with E-state index in [0.717, 1.165) is 24.3 Å². The quantitative estimate of drug-likeness (QED) is 0.446. The van der Waals surface area contributed by atoms with Gasteiger partial charge in [0.05, 0.1) is 16.8 Å². The van der Waals surface area contributed by atoms with Crippen LogP contribution in [0, 0.1) is 34.1 Å². The number of aliphatic imine (C=N–C) groups is 1. The zero-order valence-electron chi connectivity index (χ0n) is 14.2. The summed E-state index contributed by atoms with van der Waals surface area (Å²) in [5.41, 5.74) is -1.35. The van der Waals surface area contributed by atoms with Gasteiger partial charge in [-0.05, 0) is 35.4 Å². The Morgan fingerprint density at radius 3 is 1.37 bits per heavy atom. The van der Waals surface area contributed by atoms with Gasteiger partial charge in [-0.2, -0.15) is 20.8 Å². The molecule has 3 rings (SSSR count).